The molecule has 23 heavy (non-hydrogen) atoms. The smallest absolute Gasteiger partial charge is 0.0832 e. The molecule has 4 heteroatoms. The normalized spacial score (nSPS) is 17.3. The van der Waals surface area contributed by atoms with E-state index in [0.717, 1.165) is 27.7 Å². The zero-order valence-corrected chi connectivity index (χ0v) is 14.0. The van der Waals surface area contributed by atoms with Crippen LogP contribution in [0.2, 0.25) is 5.02 Å². The Hall–Kier alpha value is -2.10. The highest BCUT2D eigenvalue weighted by Gasteiger charge is 2.30. The predicted molar refractivity (Wildman–Crippen MR) is 98.6 cm³/mol. The van der Waals surface area contributed by atoms with E-state index in [0.29, 0.717) is 0 Å². The van der Waals surface area contributed by atoms with Crippen molar-refractivity contribution in [2.24, 2.45) is 5.10 Å². The first-order valence-electron chi connectivity index (χ1n) is 7.53. The number of hydrogen-bond acceptors (Lipinski definition) is 3. The average Bonchev–Trinajstić information content (AvgIpc) is 3.22. The van der Waals surface area contributed by atoms with Gasteiger partial charge in [-0.2, -0.15) is 5.10 Å². The summed E-state index contributed by atoms with van der Waals surface area (Å²) in [7, 11) is 0. The van der Waals surface area contributed by atoms with E-state index in [-0.39, 0.29) is 6.04 Å². The van der Waals surface area contributed by atoms with Crippen LogP contribution in [-0.2, 0) is 0 Å². The molecule has 1 aliphatic rings. The Morgan fingerprint density at radius 3 is 2.30 bits per heavy atom. The van der Waals surface area contributed by atoms with Crippen LogP contribution in [0.15, 0.2) is 77.2 Å². The monoisotopic (exact) mass is 338 g/mol. The van der Waals surface area contributed by atoms with Crippen LogP contribution in [0.3, 0.4) is 0 Å². The molecule has 0 fully saturated rings. The highest BCUT2D eigenvalue weighted by atomic mass is 35.5. The molecule has 1 aromatic heterocycles. The molecule has 1 atom stereocenters. The van der Waals surface area contributed by atoms with E-state index in [1.54, 1.807) is 11.3 Å². The summed E-state index contributed by atoms with van der Waals surface area (Å²) in [4.78, 5) is 1.08. The maximum absolute atomic E-state index is 6.32. The van der Waals surface area contributed by atoms with Gasteiger partial charge in [0, 0.05) is 6.42 Å². The highest BCUT2D eigenvalue weighted by Crippen LogP contribution is 2.38. The lowest BCUT2D eigenvalue weighted by atomic mass is 10.0. The lowest BCUT2D eigenvalue weighted by Gasteiger charge is -2.23. The van der Waals surface area contributed by atoms with Crippen molar-refractivity contribution in [2.45, 2.75) is 12.5 Å². The van der Waals surface area contributed by atoms with Gasteiger partial charge in [-0.25, -0.2) is 0 Å². The maximum atomic E-state index is 6.32. The molecular formula is C19H15ClN2S. The van der Waals surface area contributed by atoms with Crippen molar-refractivity contribution in [3.63, 3.8) is 0 Å². The number of para-hydroxylation sites is 1. The molecule has 0 radical (unpaired) electrons. The van der Waals surface area contributed by atoms with E-state index in [9.17, 15) is 0 Å². The first kappa shape index (κ1) is 14.5. The molecule has 0 N–H and O–H groups in total. The second kappa shape index (κ2) is 6.19. The summed E-state index contributed by atoms with van der Waals surface area (Å²) in [5, 5.41) is 9.81. The third-order valence-electron chi connectivity index (χ3n) is 3.99. The molecule has 1 aliphatic heterocycles. The molecule has 2 aromatic carbocycles. The molecule has 4 rings (SSSR count). The number of thiophene rings is 1. The number of hydrazone groups is 1. The minimum Gasteiger partial charge on any atom is -0.257 e. The van der Waals surface area contributed by atoms with Gasteiger partial charge >= 0.3 is 0 Å². The minimum atomic E-state index is 0.201. The van der Waals surface area contributed by atoms with Gasteiger partial charge in [-0.05, 0) is 29.1 Å². The van der Waals surface area contributed by atoms with Crippen LogP contribution in [0.5, 0.6) is 0 Å². The van der Waals surface area contributed by atoms with E-state index in [1.807, 2.05) is 35.7 Å². The predicted octanol–water partition coefficient (Wildman–Crippen LogP) is 5.76. The van der Waals surface area contributed by atoms with E-state index in [2.05, 4.69) is 41.4 Å². The van der Waals surface area contributed by atoms with E-state index >= 15 is 0 Å². The molecule has 0 amide bonds. The van der Waals surface area contributed by atoms with Crippen LogP contribution < -0.4 is 5.01 Å². The van der Waals surface area contributed by atoms with Crippen LogP contribution >= 0.6 is 22.9 Å². The fraction of sp³-hybridized carbons (Fsp3) is 0.105. The SMILES string of the molecule is Clc1ccsc1C1=NN(c2ccccc2)C(c2ccccc2)C1. The molecule has 0 aliphatic carbocycles. The molecule has 3 aromatic rings. The Labute approximate surface area is 144 Å². The van der Waals surface area contributed by atoms with Crippen LogP contribution in [0.1, 0.15) is 22.9 Å². The molecule has 2 heterocycles. The summed E-state index contributed by atoms with van der Waals surface area (Å²) in [6, 6.07) is 23.0. The number of halogens is 1. The largest absolute Gasteiger partial charge is 0.257 e. The minimum absolute atomic E-state index is 0.201. The first-order chi connectivity index (χ1) is 11.3. The summed E-state index contributed by atoms with van der Waals surface area (Å²) < 4.78 is 0. The Balaban J connectivity index is 1.77. The van der Waals surface area contributed by atoms with Crippen molar-refractivity contribution < 1.29 is 0 Å². The Kier molecular flexibility index (Phi) is 3.90. The average molecular weight is 339 g/mol. The third-order valence-corrected chi connectivity index (χ3v) is 5.39. The summed E-state index contributed by atoms with van der Waals surface area (Å²) in [6.07, 6.45) is 0.860. The zero-order chi connectivity index (χ0) is 15.6. The van der Waals surface area contributed by atoms with E-state index in [1.165, 1.54) is 5.56 Å². The second-order valence-electron chi connectivity index (χ2n) is 5.46. The Bertz CT molecular complexity index is 827. The number of nitrogens with zero attached hydrogens (tertiary/aromatic N) is 2. The maximum Gasteiger partial charge on any atom is 0.0832 e. The van der Waals surface area contributed by atoms with Gasteiger partial charge in [-0.3, -0.25) is 5.01 Å². The Morgan fingerprint density at radius 1 is 0.957 bits per heavy atom. The van der Waals surface area contributed by atoms with Gasteiger partial charge in [0.1, 0.15) is 0 Å². The lowest BCUT2D eigenvalue weighted by molar-refractivity contribution is 0.709. The fourth-order valence-electron chi connectivity index (χ4n) is 2.90. The Morgan fingerprint density at radius 2 is 1.65 bits per heavy atom. The fourth-order valence-corrected chi connectivity index (χ4v) is 4.06. The second-order valence-corrected chi connectivity index (χ2v) is 6.78. The summed E-state index contributed by atoms with van der Waals surface area (Å²) in [5.74, 6) is 0. The van der Waals surface area contributed by atoms with Gasteiger partial charge in [-0.1, -0.05) is 60.1 Å². The van der Waals surface area contributed by atoms with Crippen LogP contribution in [-0.4, -0.2) is 5.71 Å². The molecule has 2 nitrogen and oxygen atoms in total. The summed E-state index contributed by atoms with van der Waals surface area (Å²) in [5.41, 5.74) is 3.43. The lowest BCUT2D eigenvalue weighted by Crippen LogP contribution is -2.18. The van der Waals surface area contributed by atoms with Gasteiger partial charge in [-0.15, -0.1) is 11.3 Å². The molecule has 0 saturated carbocycles. The van der Waals surface area contributed by atoms with Gasteiger partial charge in [0.2, 0.25) is 0 Å². The molecule has 0 bridgehead atoms. The van der Waals surface area contributed by atoms with Crippen molar-refractivity contribution in [2.75, 3.05) is 5.01 Å². The molecular weight excluding hydrogens is 324 g/mol. The summed E-state index contributed by atoms with van der Waals surface area (Å²) in [6.45, 7) is 0. The van der Waals surface area contributed by atoms with Crippen molar-refractivity contribution in [1.29, 1.82) is 0 Å². The van der Waals surface area contributed by atoms with Gasteiger partial charge < -0.3 is 0 Å². The van der Waals surface area contributed by atoms with Gasteiger partial charge in [0.25, 0.3) is 0 Å². The molecule has 0 spiro atoms. The van der Waals surface area contributed by atoms with Crippen molar-refractivity contribution in [3.05, 3.63) is 87.6 Å². The van der Waals surface area contributed by atoms with Crippen molar-refractivity contribution >= 4 is 34.3 Å². The van der Waals surface area contributed by atoms with E-state index in [4.69, 9.17) is 16.7 Å². The van der Waals surface area contributed by atoms with Gasteiger partial charge in [0.15, 0.2) is 0 Å². The van der Waals surface area contributed by atoms with Crippen LogP contribution in [0.25, 0.3) is 0 Å². The number of anilines is 1. The number of hydrogen-bond donors (Lipinski definition) is 0. The molecule has 1 unspecified atom stereocenters. The number of rotatable bonds is 3. The third kappa shape index (κ3) is 2.78. The van der Waals surface area contributed by atoms with Crippen LogP contribution in [0, 0.1) is 0 Å². The van der Waals surface area contributed by atoms with Crippen LogP contribution in [0.4, 0.5) is 5.69 Å². The molecule has 114 valence electrons. The topological polar surface area (TPSA) is 15.6 Å². The van der Waals surface area contributed by atoms with Crippen molar-refractivity contribution in [3.8, 4) is 0 Å². The first-order valence-corrected chi connectivity index (χ1v) is 8.79. The summed E-state index contributed by atoms with van der Waals surface area (Å²) >= 11 is 7.97. The van der Waals surface area contributed by atoms with Crippen molar-refractivity contribution in [1.82, 2.24) is 0 Å². The highest BCUT2D eigenvalue weighted by molar-refractivity contribution is 7.12. The quantitative estimate of drug-likeness (QED) is 0.593. The number of benzene rings is 2. The molecule has 0 saturated heterocycles. The van der Waals surface area contributed by atoms with Gasteiger partial charge in [0.05, 0.1) is 27.3 Å². The standard InChI is InChI=1S/C19H15ClN2S/c20-16-11-12-23-19(16)17-13-18(14-7-3-1-4-8-14)22(21-17)15-9-5-2-6-10-15/h1-12,18H,13H2. The zero-order valence-electron chi connectivity index (χ0n) is 12.4. The van der Waals surface area contributed by atoms with E-state index < -0.39 is 0 Å².